The fourth-order valence-electron chi connectivity index (χ4n) is 2.80. The zero-order chi connectivity index (χ0) is 25.8. The first-order valence-corrected chi connectivity index (χ1v) is 11.0. The summed E-state index contributed by atoms with van der Waals surface area (Å²) in [5.74, 6) is -1.79. The molecule has 35 heavy (non-hydrogen) atoms. The lowest BCUT2D eigenvalue weighted by Crippen LogP contribution is -2.05. The minimum Gasteiger partial charge on any atom is -0.478 e. The molecule has 3 rings (SSSR count). The summed E-state index contributed by atoms with van der Waals surface area (Å²) in [7, 11) is -3.61. The largest absolute Gasteiger partial charge is 0.478 e. The molecule has 0 saturated carbocycles. The van der Waals surface area contributed by atoms with Crippen LogP contribution < -0.4 is 11.5 Å². The molecule has 0 heterocycles. The summed E-state index contributed by atoms with van der Waals surface area (Å²) in [6.07, 6.45) is 0. The van der Waals surface area contributed by atoms with Crippen molar-refractivity contribution in [2.75, 3.05) is 18.6 Å². The fraction of sp³-hybridized carbons (Fsp3) is 0.0476. The number of carbonyl (C=O) groups is 2. The van der Waals surface area contributed by atoms with Crippen molar-refractivity contribution in [2.45, 2.75) is 4.90 Å². The highest BCUT2D eigenvalue weighted by Crippen LogP contribution is 2.43. The van der Waals surface area contributed by atoms with Crippen molar-refractivity contribution in [2.24, 2.45) is 20.5 Å². The Labute approximate surface area is 198 Å². The van der Waals surface area contributed by atoms with E-state index in [0.29, 0.717) is 0 Å². The Balaban J connectivity index is 2.09. The van der Waals surface area contributed by atoms with Gasteiger partial charge in [0, 0.05) is 0 Å². The third-order valence-electron chi connectivity index (χ3n) is 4.50. The van der Waals surface area contributed by atoms with Gasteiger partial charge in [-0.2, -0.15) is 18.6 Å². The van der Waals surface area contributed by atoms with Crippen molar-refractivity contribution in [3.05, 3.63) is 65.7 Å². The van der Waals surface area contributed by atoms with E-state index < -0.39 is 32.6 Å². The molecule has 3 aromatic carbocycles. The number of nitrogens with two attached hydrogens (primary N) is 2. The lowest BCUT2D eigenvalue weighted by atomic mass is 10.2. The topological polar surface area (TPSA) is 219 Å². The summed E-state index contributed by atoms with van der Waals surface area (Å²) in [5.41, 5.74) is 11.1. The van der Waals surface area contributed by atoms with E-state index in [2.05, 4.69) is 25.2 Å². The minimum absolute atomic E-state index is 0.0472. The Morgan fingerprint density at radius 1 is 0.857 bits per heavy atom. The quantitative estimate of drug-likeness (QED) is 0.156. The first kappa shape index (κ1) is 24.9. The Hall–Kier alpha value is -4.69. The van der Waals surface area contributed by atoms with Gasteiger partial charge in [-0.05, 0) is 42.5 Å². The molecule has 6 N–H and O–H groups in total. The second kappa shape index (κ2) is 10.1. The molecule has 180 valence electrons. The highest BCUT2D eigenvalue weighted by molar-refractivity contribution is 7.86. The molecule has 0 aliphatic heterocycles. The molecular formula is C21H18N6O7S. The minimum atomic E-state index is -4.82. The van der Waals surface area contributed by atoms with Crippen molar-refractivity contribution >= 4 is 56.2 Å². The number of benzene rings is 3. The van der Waals surface area contributed by atoms with E-state index in [1.54, 1.807) is 0 Å². The van der Waals surface area contributed by atoms with Crippen LogP contribution in [0, 0.1) is 0 Å². The van der Waals surface area contributed by atoms with Crippen molar-refractivity contribution < 1.29 is 32.4 Å². The Kier molecular flexibility index (Phi) is 7.17. The molecule has 0 atom stereocenters. The number of hydrogen-bond donors (Lipinski definition) is 4. The maximum absolute atomic E-state index is 11.9. The second-order valence-electron chi connectivity index (χ2n) is 6.84. The highest BCUT2D eigenvalue weighted by Gasteiger charge is 2.22. The lowest BCUT2D eigenvalue weighted by Gasteiger charge is -2.10. The number of ether oxygens (including phenoxy) is 1. The van der Waals surface area contributed by atoms with E-state index >= 15 is 0 Å². The number of esters is 1. The molecule has 0 spiro atoms. The van der Waals surface area contributed by atoms with Crippen molar-refractivity contribution in [1.82, 2.24) is 0 Å². The molecule has 0 radical (unpaired) electrons. The molecule has 14 heteroatoms. The summed E-state index contributed by atoms with van der Waals surface area (Å²) in [6.45, 7) is 0. The van der Waals surface area contributed by atoms with Crippen LogP contribution in [-0.4, -0.2) is 37.1 Å². The monoisotopic (exact) mass is 498 g/mol. The molecule has 0 fully saturated rings. The van der Waals surface area contributed by atoms with Gasteiger partial charge in [0.2, 0.25) is 0 Å². The van der Waals surface area contributed by atoms with E-state index in [9.17, 15) is 22.6 Å². The SMILES string of the molecule is COC(=O)c1cccc(N=Nc2c(N)c(N=Nc3cccc(C(=O)O)c3)cc(S(=O)(=O)O)c2N)c1. The van der Waals surface area contributed by atoms with Crippen LogP contribution in [0.1, 0.15) is 20.7 Å². The van der Waals surface area contributed by atoms with E-state index in [1.807, 2.05) is 0 Å². The number of carboxylic acids is 1. The highest BCUT2D eigenvalue weighted by atomic mass is 32.2. The van der Waals surface area contributed by atoms with Crippen LogP contribution in [0.15, 0.2) is 79.9 Å². The molecule has 0 aromatic heterocycles. The third-order valence-corrected chi connectivity index (χ3v) is 5.39. The van der Waals surface area contributed by atoms with Gasteiger partial charge in [0.25, 0.3) is 10.1 Å². The smallest absolute Gasteiger partial charge is 0.337 e. The zero-order valence-corrected chi connectivity index (χ0v) is 18.8. The first-order valence-electron chi connectivity index (χ1n) is 9.56. The van der Waals surface area contributed by atoms with Gasteiger partial charge in [-0.1, -0.05) is 12.1 Å². The van der Waals surface area contributed by atoms with Crippen LogP contribution in [0.3, 0.4) is 0 Å². The number of aromatic carboxylic acids is 1. The van der Waals surface area contributed by atoms with Crippen LogP contribution in [-0.2, 0) is 14.9 Å². The molecule has 3 aromatic rings. The van der Waals surface area contributed by atoms with Gasteiger partial charge in [-0.15, -0.1) is 10.2 Å². The van der Waals surface area contributed by atoms with Gasteiger partial charge in [0.05, 0.1) is 41.0 Å². The van der Waals surface area contributed by atoms with Crippen molar-refractivity contribution in [3.63, 3.8) is 0 Å². The van der Waals surface area contributed by atoms with E-state index in [-0.39, 0.29) is 39.6 Å². The molecule has 0 aliphatic rings. The average Bonchev–Trinajstić information content (AvgIpc) is 2.82. The van der Waals surface area contributed by atoms with E-state index in [1.165, 1.54) is 55.6 Å². The van der Waals surface area contributed by atoms with E-state index in [0.717, 1.165) is 6.07 Å². The van der Waals surface area contributed by atoms with Gasteiger partial charge in [-0.25, -0.2) is 9.59 Å². The zero-order valence-electron chi connectivity index (χ0n) is 18.0. The number of nitrogen functional groups attached to an aromatic ring is 2. The maximum Gasteiger partial charge on any atom is 0.337 e. The fourth-order valence-corrected chi connectivity index (χ4v) is 3.44. The summed E-state index contributed by atoms with van der Waals surface area (Å²) in [6, 6.07) is 12.3. The number of carboxylic acid groups (broad SMARTS) is 1. The molecule has 0 amide bonds. The normalized spacial score (nSPS) is 11.7. The predicted octanol–water partition coefficient (Wildman–Crippen LogP) is 4.41. The molecular weight excluding hydrogens is 480 g/mol. The standard InChI is InChI=1S/C21H18N6O7S/c1-34-21(30)12-5-3-7-14(9-12)25-27-19-17(22)15(10-16(18(19)23)35(31,32)33)26-24-13-6-2-4-11(8-13)20(28)29/h2-10H,22-23H2,1H3,(H,28,29)(H,31,32,33). The summed E-state index contributed by atoms with van der Waals surface area (Å²) < 4.78 is 38.0. The molecule has 0 bridgehead atoms. The third kappa shape index (κ3) is 5.82. The summed E-state index contributed by atoms with van der Waals surface area (Å²) >= 11 is 0. The van der Waals surface area contributed by atoms with E-state index in [4.69, 9.17) is 16.6 Å². The molecule has 0 aliphatic carbocycles. The number of hydrogen-bond acceptors (Lipinski definition) is 11. The van der Waals surface area contributed by atoms with Gasteiger partial charge in [-0.3, -0.25) is 4.55 Å². The van der Waals surface area contributed by atoms with Crippen LogP contribution in [0.2, 0.25) is 0 Å². The lowest BCUT2D eigenvalue weighted by molar-refractivity contribution is 0.0599. The van der Waals surface area contributed by atoms with Crippen molar-refractivity contribution in [3.8, 4) is 0 Å². The predicted molar refractivity (Wildman–Crippen MR) is 125 cm³/mol. The number of rotatable bonds is 7. The number of nitrogens with zero attached hydrogens (tertiary/aromatic N) is 4. The van der Waals surface area contributed by atoms with Crippen LogP contribution in [0.5, 0.6) is 0 Å². The number of azo groups is 2. The number of methoxy groups -OCH3 is 1. The van der Waals surface area contributed by atoms with Crippen LogP contribution >= 0.6 is 0 Å². The van der Waals surface area contributed by atoms with Gasteiger partial charge in [0.15, 0.2) is 0 Å². The Morgan fingerprint density at radius 3 is 2.00 bits per heavy atom. The summed E-state index contributed by atoms with van der Waals surface area (Å²) in [4.78, 5) is 22.1. The maximum atomic E-state index is 11.9. The molecule has 0 unspecified atom stereocenters. The second-order valence-corrected chi connectivity index (χ2v) is 8.23. The molecule has 0 saturated heterocycles. The van der Waals surface area contributed by atoms with Crippen molar-refractivity contribution in [1.29, 1.82) is 0 Å². The Bertz CT molecular complexity index is 1490. The number of carbonyl (C=O) groups excluding carboxylic acids is 1. The van der Waals surface area contributed by atoms with Gasteiger partial charge >= 0.3 is 11.9 Å². The average molecular weight is 498 g/mol. The molecule has 13 nitrogen and oxygen atoms in total. The van der Waals surface area contributed by atoms with Gasteiger partial charge in [0.1, 0.15) is 16.3 Å². The number of anilines is 2. The van der Waals surface area contributed by atoms with Crippen LogP contribution in [0.4, 0.5) is 34.1 Å². The van der Waals surface area contributed by atoms with Crippen LogP contribution in [0.25, 0.3) is 0 Å². The Morgan fingerprint density at radius 2 is 1.43 bits per heavy atom. The summed E-state index contributed by atoms with van der Waals surface area (Å²) in [5, 5.41) is 24.7. The van der Waals surface area contributed by atoms with Gasteiger partial charge < -0.3 is 21.3 Å². The first-order chi connectivity index (χ1) is 16.5.